The number of hydrogen-bond acceptors (Lipinski definition) is 3. The van der Waals surface area contributed by atoms with E-state index < -0.39 is 0 Å². The van der Waals surface area contributed by atoms with Crippen molar-refractivity contribution in [3.8, 4) is 56.4 Å². The number of fused-ring (bicyclic) bond motifs is 4. The summed E-state index contributed by atoms with van der Waals surface area (Å²) in [5.41, 5.74) is 10.6. The molecule has 0 bridgehead atoms. The van der Waals surface area contributed by atoms with Crippen molar-refractivity contribution in [2.75, 3.05) is 0 Å². The number of benzene rings is 6. The van der Waals surface area contributed by atoms with Gasteiger partial charge in [-0.05, 0) is 73.2 Å². The van der Waals surface area contributed by atoms with Gasteiger partial charge in [0, 0.05) is 16.7 Å². The van der Waals surface area contributed by atoms with Crippen LogP contribution in [0.2, 0.25) is 0 Å². The lowest BCUT2D eigenvalue weighted by atomic mass is 9.55. The van der Waals surface area contributed by atoms with Crippen LogP contribution in [0.3, 0.4) is 0 Å². The Morgan fingerprint density at radius 3 is 1.57 bits per heavy atom. The van der Waals surface area contributed by atoms with E-state index in [2.05, 4.69) is 131 Å². The van der Waals surface area contributed by atoms with Crippen molar-refractivity contribution < 1.29 is 0 Å². The van der Waals surface area contributed by atoms with Gasteiger partial charge in [-0.3, -0.25) is 0 Å². The van der Waals surface area contributed by atoms with Gasteiger partial charge in [0.2, 0.25) is 0 Å². The molecule has 0 unspecified atom stereocenters. The molecule has 6 aromatic carbocycles. The lowest BCUT2D eigenvalue weighted by Crippen LogP contribution is -2.43. The van der Waals surface area contributed by atoms with E-state index in [1.165, 1.54) is 27.8 Å². The second-order valence-electron chi connectivity index (χ2n) is 13.3. The minimum absolute atomic E-state index is 0.000165. The molecule has 0 aliphatic heterocycles. The average molecular weight is 594 g/mol. The second-order valence-corrected chi connectivity index (χ2v) is 13.3. The number of nitrogens with zero attached hydrogens (tertiary/aromatic N) is 3. The smallest absolute Gasteiger partial charge is 0.164 e. The summed E-state index contributed by atoms with van der Waals surface area (Å²) in [5.74, 6) is 1.99. The fraction of sp³-hybridized carbons (Fsp3) is 0.140. The molecule has 1 heterocycles. The van der Waals surface area contributed by atoms with Gasteiger partial charge in [-0.25, -0.2) is 15.0 Å². The van der Waals surface area contributed by atoms with Gasteiger partial charge in [-0.15, -0.1) is 0 Å². The van der Waals surface area contributed by atoms with Crippen LogP contribution in [0.1, 0.15) is 38.8 Å². The van der Waals surface area contributed by atoms with E-state index in [-0.39, 0.29) is 10.8 Å². The molecule has 8 rings (SSSR count). The maximum atomic E-state index is 5.10. The fourth-order valence-electron chi connectivity index (χ4n) is 7.02. The monoisotopic (exact) mass is 593 g/mol. The maximum Gasteiger partial charge on any atom is 0.164 e. The lowest BCUT2D eigenvalue weighted by molar-refractivity contribution is 0.299. The van der Waals surface area contributed by atoms with E-state index in [4.69, 9.17) is 15.0 Å². The molecule has 46 heavy (non-hydrogen) atoms. The van der Waals surface area contributed by atoms with Gasteiger partial charge in [0.05, 0.1) is 0 Å². The van der Waals surface area contributed by atoms with Crippen LogP contribution in [0.5, 0.6) is 0 Å². The molecule has 0 saturated heterocycles. The van der Waals surface area contributed by atoms with E-state index in [0.29, 0.717) is 17.5 Å². The van der Waals surface area contributed by atoms with Crippen molar-refractivity contribution in [2.24, 2.45) is 0 Å². The van der Waals surface area contributed by atoms with Crippen molar-refractivity contribution in [3.63, 3.8) is 0 Å². The van der Waals surface area contributed by atoms with Crippen molar-refractivity contribution in [1.82, 2.24) is 15.0 Å². The van der Waals surface area contributed by atoms with Crippen LogP contribution < -0.4 is 0 Å². The topological polar surface area (TPSA) is 38.7 Å². The van der Waals surface area contributed by atoms with Gasteiger partial charge in [0.1, 0.15) is 0 Å². The molecule has 0 atom stereocenters. The summed E-state index contributed by atoms with van der Waals surface area (Å²) < 4.78 is 0. The first-order valence-corrected chi connectivity index (χ1v) is 16.0. The van der Waals surface area contributed by atoms with E-state index in [1.54, 1.807) is 0 Å². The van der Waals surface area contributed by atoms with Crippen LogP contribution in [-0.4, -0.2) is 15.0 Å². The summed E-state index contributed by atoms with van der Waals surface area (Å²) in [6.45, 7) is 9.51. The summed E-state index contributed by atoms with van der Waals surface area (Å²) in [4.78, 5) is 15.1. The minimum Gasteiger partial charge on any atom is -0.208 e. The third-order valence-electron chi connectivity index (χ3n) is 10.3. The van der Waals surface area contributed by atoms with Gasteiger partial charge < -0.3 is 0 Å². The summed E-state index contributed by atoms with van der Waals surface area (Å²) in [7, 11) is 0. The first-order valence-electron chi connectivity index (χ1n) is 16.0. The number of aromatic nitrogens is 3. The highest BCUT2D eigenvalue weighted by Gasteiger charge is 2.45. The molecule has 0 amide bonds. The van der Waals surface area contributed by atoms with Crippen LogP contribution in [0, 0.1) is 0 Å². The van der Waals surface area contributed by atoms with Crippen molar-refractivity contribution >= 4 is 10.8 Å². The van der Waals surface area contributed by atoms with E-state index >= 15 is 0 Å². The van der Waals surface area contributed by atoms with Crippen molar-refractivity contribution in [1.29, 1.82) is 0 Å². The molecular weight excluding hydrogens is 558 g/mol. The van der Waals surface area contributed by atoms with E-state index in [9.17, 15) is 0 Å². The Balaban J connectivity index is 1.35. The second kappa shape index (κ2) is 10.6. The van der Waals surface area contributed by atoms with E-state index in [0.717, 1.165) is 33.0 Å². The number of rotatable bonds is 4. The summed E-state index contributed by atoms with van der Waals surface area (Å²) in [6, 6.07) is 49.3. The van der Waals surface area contributed by atoms with Crippen LogP contribution in [0.25, 0.3) is 67.2 Å². The van der Waals surface area contributed by atoms with Crippen molar-refractivity contribution in [3.05, 3.63) is 151 Å². The summed E-state index contributed by atoms with van der Waals surface area (Å²) in [5, 5.41) is 2.26. The van der Waals surface area contributed by atoms with Gasteiger partial charge in [0.15, 0.2) is 17.5 Å². The van der Waals surface area contributed by atoms with Gasteiger partial charge >= 0.3 is 0 Å². The lowest BCUT2D eigenvalue weighted by Gasteiger charge is -2.48. The molecule has 0 saturated carbocycles. The molecule has 0 N–H and O–H groups in total. The van der Waals surface area contributed by atoms with Crippen LogP contribution in [-0.2, 0) is 10.8 Å². The Labute approximate surface area is 270 Å². The predicted molar refractivity (Wildman–Crippen MR) is 191 cm³/mol. The molecule has 1 aromatic heterocycles. The Hall–Kier alpha value is -5.41. The SMILES string of the molecule is CC1(C)c2ccccc2-c2cc(-c3cc(-c4nc(-c5ccccc5)nc(-c5ccccc5)n4)c4ccccc4c3)ccc2C1(C)C. The first-order chi connectivity index (χ1) is 22.3. The molecule has 1 aliphatic carbocycles. The molecule has 7 aromatic rings. The van der Waals surface area contributed by atoms with Gasteiger partial charge in [0.25, 0.3) is 0 Å². The fourth-order valence-corrected chi connectivity index (χ4v) is 7.02. The molecule has 1 aliphatic rings. The predicted octanol–water partition coefficient (Wildman–Crippen LogP) is 10.9. The van der Waals surface area contributed by atoms with Crippen LogP contribution in [0.4, 0.5) is 0 Å². The first kappa shape index (κ1) is 28.1. The summed E-state index contributed by atoms with van der Waals surface area (Å²) in [6.07, 6.45) is 0. The maximum absolute atomic E-state index is 5.10. The molecule has 0 radical (unpaired) electrons. The Bertz CT molecular complexity index is 2190. The third kappa shape index (κ3) is 4.46. The summed E-state index contributed by atoms with van der Waals surface area (Å²) >= 11 is 0. The van der Waals surface area contributed by atoms with Gasteiger partial charge in [-0.2, -0.15) is 0 Å². The zero-order chi connectivity index (χ0) is 31.5. The minimum atomic E-state index is -0.0314. The highest BCUT2D eigenvalue weighted by atomic mass is 15.0. The molecule has 222 valence electrons. The largest absolute Gasteiger partial charge is 0.208 e. The molecule has 3 nitrogen and oxygen atoms in total. The Kier molecular flexibility index (Phi) is 6.47. The molecule has 0 fully saturated rings. The zero-order valence-corrected chi connectivity index (χ0v) is 26.6. The molecular formula is C43H35N3. The third-order valence-corrected chi connectivity index (χ3v) is 10.3. The highest BCUT2D eigenvalue weighted by Crippen LogP contribution is 2.54. The Morgan fingerprint density at radius 1 is 0.370 bits per heavy atom. The highest BCUT2D eigenvalue weighted by molar-refractivity contribution is 5.99. The zero-order valence-electron chi connectivity index (χ0n) is 26.6. The van der Waals surface area contributed by atoms with Gasteiger partial charge in [-0.1, -0.05) is 149 Å². The molecule has 3 heteroatoms. The molecule has 0 spiro atoms. The van der Waals surface area contributed by atoms with Crippen molar-refractivity contribution in [2.45, 2.75) is 38.5 Å². The van der Waals surface area contributed by atoms with Crippen LogP contribution in [0.15, 0.2) is 140 Å². The quantitative estimate of drug-likeness (QED) is 0.204. The Morgan fingerprint density at radius 2 is 0.891 bits per heavy atom. The number of hydrogen-bond donors (Lipinski definition) is 0. The standard InChI is InChI=1S/C43H35N3/c1-42(2)37-22-14-13-21-34(37)35-26-30(23-24-38(35)43(42,3)4)32-25-31-19-11-12-20-33(31)36(27-32)41-45-39(28-15-7-5-8-16-28)44-40(46-41)29-17-9-6-10-18-29/h5-27H,1-4H3. The average Bonchev–Trinajstić information content (AvgIpc) is 3.11. The van der Waals surface area contributed by atoms with E-state index in [1.807, 2.05) is 36.4 Å². The van der Waals surface area contributed by atoms with Crippen LogP contribution >= 0.6 is 0 Å². The normalized spacial score (nSPS) is 14.4.